The van der Waals surface area contributed by atoms with Crippen molar-refractivity contribution in [2.75, 3.05) is 25.4 Å². The van der Waals surface area contributed by atoms with Crippen LogP contribution in [-0.2, 0) is 17.1 Å². The maximum absolute atomic E-state index is 11.0. The van der Waals surface area contributed by atoms with E-state index in [1.54, 1.807) is 11.8 Å². The highest BCUT2D eigenvalue weighted by atomic mass is 32.2. The van der Waals surface area contributed by atoms with Gasteiger partial charge in [-0.25, -0.2) is 0 Å². The van der Waals surface area contributed by atoms with Crippen molar-refractivity contribution in [3.05, 3.63) is 23.7 Å². The van der Waals surface area contributed by atoms with Gasteiger partial charge in [0.2, 0.25) is 0 Å². The van der Waals surface area contributed by atoms with Gasteiger partial charge in [-0.05, 0) is 37.4 Å². The van der Waals surface area contributed by atoms with E-state index in [1.807, 2.05) is 0 Å². The highest BCUT2D eigenvalue weighted by Crippen LogP contribution is 2.23. The normalized spacial score (nSPS) is 18.2. The molecular formula is C18H28N4O2S. The molecule has 0 spiro atoms. The van der Waals surface area contributed by atoms with Crippen LogP contribution in [0.5, 0.6) is 0 Å². The van der Waals surface area contributed by atoms with E-state index in [4.69, 9.17) is 4.42 Å². The van der Waals surface area contributed by atoms with Crippen LogP contribution < -0.4 is 16.0 Å². The molecule has 6 nitrogen and oxygen atoms in total. The van der Waals surface area contributed by atoms with E-state index in [0.717, 1.165) is 48.6 Å². The molecule has 138 valence electrons. The van der Waals surface area contributed by atoms with E-state index < -0.39 is 0 Å². The van der Waals surface area contributed by atoms with Gasteiger partial charge in [-0.2, -0.15) is 16.8 Å². The Morgan fingerprint density at radius 3 is 2.88 bits per heavy atom. The zero-order valence-corrected chi connectivity index (χ0v) is 15.5. The minimum atomic E-state index is -0.115. The van der Waals surface area contributed by atoms with Crippen molar-refractivity contribution in [3.63, 3.8) is 0 Å². The van der Waals surface area contributed by atoms with Crippen LogP contribution in [0.15, 0.2) is 21.5 Å². The molecule has 3 rings (SSSR count). The van der Waals surface area contributed by atoms with Crippen LogP contribution in [0.2, 0.25) is 0 Å². The number of furan rings is 1. The summed E-state index contributed by atoms with van der Waals surface area (Å²) in [5.41, 5.74) is 0. The topological polar surface area (TPSA) is 78.7 Å². The third-order valence-corrected chi connectivity index (χ3v) is 5.58. The number of hydrogen-bond donors (Lipinski definition) is 3. The second-order valence-corrected chi connectivity index (χ2v) is 7.80. The van der Waals surface area contributed by atoms with Crippen LogP contribution in [0.25, 0.3) is 0 Å². The molecule has 0 aromatic carbocycles. The molecule has 25 heavy (non-hydrogen) atoms. The molecule has 2 aliphatic rings. The lowest BCUT2D eigenvalue weighted by Crippen LogP contribution is -2.35. The highest BCUT2D eigenvalue weighted by Gasteiger charge is 2.13. The number of nitrogens with zero attached hydrogens (tertiary/aromatic N) is 1. The smallest absolute Gasteiger partial charge is 0.268 e. The molecule has 1 amide bonds. The fourth-order valence-corrected chi connectivity index (χ4v) is 4.01. The number of thioether (sulfide) groups is 1. The van der Waals surface area contributed by atoms with Crippen molar-refractivity contribution in [3.8, 4) is 0 Å². The van der Waals surface area contributed by atoms with Gasteiger partial charge in [-0.1, -0.05) is 19.3 Å². The first-order valence-corrected chi connectivity index (χ1v) is 10.4. The number of rotatable bonds is 9. The molecule has 0 unspecified atom stereocenters. The second-order valence-electron chi connectivity index (χ2n) is 6.69. The summed E-state index contributed by atoms with van der Waals surface area (Å²) in [5, 5.41) is 9.57. The van der Waals surface area contributed by atoms with Crippen molar-refractivity contribution < 1.29 is 9.21 Å². The third kappa shape index (κ3) is 6.40. The molecule has 0 radical (unpaired) electrons. The first-order chi connectivity index (χ1) is 12.3. The summed E-state index contributed by atoms with van der Waals surface area (Å²) in [4.78, 5) is 14.8. The Labute approximate surface area is 153 Å². The Morgan fingerprint density at radius 2 is 2.08 bits per heavy atom. The van der Waals surface area contributed by atoms with Crippen molar-refractivity contribution in [1.82, 2.24) is 16.0 Å². The number of hydrogen-bond acceptors (Lipinski definition) is 6. The van der Waals surface area contributed by atoms with Crippen LogP contribution in [0, 0.1) is 5.92 Å². The number of guanidine groups is 1. The minimum absolute atomic E-state index is 0.115. The van der Waals surface area contributed by atoms with E-state index in [2.05, 4.69) is 33.1 Å². The molecule has 1 saturated carbocycles. The predicted octanol–water partition coefficient (Wildman–Crippen LogP) is 2.26. The zero-order chi connectivity index (χ0) is 17.3. The van der Waals surface area contributed by atoms with Gasteiger partial charge >= 0.3 is 0 Å². The van der Waals surface area contributed by atoms with Crippen molar-refractivity contribution in [2.45, 2.75) is 44.4 Å². The van der Waals surface area contributed by atoms with Gasteiger partial charge in [0.05, 0.1) is 18.8 Å². The Hall–Kier alpha value is -1.47. The van der Waals surface area contributed by atoms with Gasteiger partial charge in [0.15, 0.2) is 5.96 Å². The fourth-order valence-electron chi connectivity index (χ4n) is 3.27. The van der Waals surface area contributed by atoms with E-state index in [0.29, 0.717) is 12.5 Å². The summed E-state index contributed by atoms with van der Waals surface area (Å²) >= 11 is 1.81. The quantitative estimate of drug-likeness (QED) is 0.584. The van der Waals surface area contributed by atoms with Gasteiger partial charge in [0, 0.05) is 12.3 Å². The zero-order valence-electron chi connectivity index (χ0n) is 14.7. The molecule has 7 heteroatoms. The minimum Gasteiger partial charge on any atom is -0.464 e. The molecule has 0 atom stereocenters. The second kappa shape index (κ2) is 9.87. The average Bonchev–Trinajstić information content (AvgIpc) is 3.25. The predicted molar refractivity (Wildman–Crippen MR) is 102 cm³/mol. The van der Waals surface area contributed by atoms with Gasteiger partial charge in [-0.15, -0.1) is 0 Å². The largest absolute Gasteiger partial charge is 0.464 e. The molecule has 1 aromatic rings. The number of aliphatic imine (C=N–C) groups is 1. The molecule has 1 aromatic heterocycles. The highest BCUT2D eigenvalue weighted by molar-refractivity contribution is 7.98. The van der Waals surface area contributed by atoms with Crippen LogP contribution >= 0.6 is 11.8 Å². The van der Waals surface area contributed by atoms with E-state index in [1.165, 1.54) is 32.1 Å². The monoisotopic (exact) mass is 364 g/mol. The number of nitrogens with one attached hydrogen (secondary N) is 3. The first-order valence-electron chi connectivity index (χ1n) is 9.25. The van der Waals surface area contributed by atoms with Gasteiger partial charge in [-0.3, -0.25) is 4.79 Å². The van der Waals surface area contributed by atoms with Gasteiger partial charge in [0.25, 0.3) is 5.91 Å². The van der Waals surface area contributed by atoms with Gasteiger partial charge < -0.3 is 20.4 Å². The summed E-state index contributed by atoms with van der Waals surface area (Å²) in [6, 6.07) is 4.14. The lowest BCUT2D eigenvalue weighted by atomic mass is 9.89. The van der Waals surface area contributed by atoms with E-state index in [-0.39, 0.29) is 5.91 Å². The SMILES string of the molecule is O=C1CNC(NCCSCc2ccc(CNCC3CCCCC3)o2)=N1. The molecule has 3 N–H and O–H groups in total. The Balaban J connectivity index is 1.25. The van der Waals surface area contributed by atoms with Crippen molar-refractivity contribution in [2.24, 2.45) is 10.9 Å². The van der Waals surface area contributed by atoms with E-state index >= 15 is 0 Å². The van der Waals surface area contributed by atoms with E-state index in [9.17, 15) is 4.79 Å². The lowest BCUT2D eigenvalue weighted by molar-refractivity contribution is -0.116. The maximum atomic E-state index is 11.0. The fraction of sp³-hybridized carbons (Fsp3) is 0.667. The molecule has 0 bridgehead atoms. The number of carbonyl (C=O) groups excluding carboxylic acids is 1. The molecule has 1 aliphatic heterocycles. The summed E-state index contributed by atoms with van der Waals surface area (Å²) in [7, 11) is 0. The summed E-state index contributed by atoms with van der Waals surface area (Å²) < 4.78 is 5.88. The number of amides is 1. The van der Waals surface area contributed by atoms with Crippen molar-refractivity contribution >= 4 is 23.6 Å². The Bertz CT molecular complexity index is 581. The Morgan fingerprint density at radius 1 is 1.24 bits per heavy atom. The van der Waals surface area contributed by atoms with Crippen LogP contribution in [0.3, 0.4) is 0 Å². The summed E-state index contributed by atoms with van der Waals surface area (Å²) in [6.07, 6.45) is 6.94. The summed E-state index contributed by atoms with van der Waals surface area (Å²) in [6.45, 7) is 3.01. The average molecular weight is 365 g/mol. The van der Waals surface area contributed by atoms with Crippen LogP contribution in [-0.4, -0.2) is 37.3 Å². The molecule has 1 fully saturated rings. The van der Waals surface area contributed by atoms with Crippen LogP contribution in [0.4, 0.5) is 0 Å². The summed E-state index contributed by atoms with van der Waals surface area (Å²) in [5.74, 6) is 5.16. The standard InChI is InChI=1S/C18H28N4O2S/c23-17-12-21-18(22-17)20-8-9-25-13-16-7-6-15(24-16)11-19-10-14-4-2-1-3-5-14/h6-7,14,19H,1-5,8-13H2,(H2,20,21,22,23). The molecule has 1 aliphatic carbocycles. The number of carbonyl (C=O) groups is 1. The van der Waals surface area contributed by atoms with Gasteiger partial charge in [0.1, 0.15) is 11.5 Å². The molecule has 0 saturated heterocycles. The third-order valence-electron chi connectivity index (χ3n) is 4.60. The first kappa shape index (κ1) is 18.3. The molecular weight excluding hydrogens is 336 g/mol. The van der Waals surface area contributed by atoms with Crippen molar-refractivity contribution in [1.29, 1.82) is 0 Å². The maximum Gasteiger partial charge on any atom is 0.268 e. The Kier molecular flexibility index (Phi) is 7.23. The lowest BCUT2D eigenvalue weighted by Gasteiger charge is -2.21. The molecule has 2 heterocycles. The van der Waals surface area contributed by atoms with Crippen LogP contribution in [0.1, 0.15) is 43.6 Å².